The van der Waals surface area contributed by atoms with Crippen LogP contribution in [-0.2, 0) is 17.9 Å². The molecule has 2 aromatic carbocycles. The van der Waals surface area contributed by atoms with E-state index in [1.165, 1.54) is 11.1 Å². The lowest BCUT2D eigenvalue weighted by molar-refractivity contribution is 0.102. The quantitative estimate of drug-likeness (QED) is 0.696. The number of benzene rings is 2. The fourth-order valence-corrected chi connectivity index (χ4v) is 2.11. The van der Waals surface area contributed by atoms with Gasteiger partial charge in [-0.1, -0.05) is 60.7 Å². The van der Waals surface area contributed by atoms with Gasteiger partial charge in [-0.05, 0) is 17.5 Å². The fraction of sp³-hybridized carbons (Fsp3) is 0.333. The largest absolute Gasteiger partial charge is 0.395 e. The summed E-state index contributed by atoms with van der Waals surface area (Å²) in [7, 11) is 0. The maximum absolute atomic E-state index is 9.40. The molecule has 0 heterocycles. The van der Waals surface area contributed by atoms with Crippen LogP contribution in [0.4, 0.5) is 0 Å². The van der Waals surface area contributed by atoms with Crippen molar-refractivity contribution in [1.29, 1.82) is 0 Å². The van der Waals surface area contributed by atoms with E-state index < -0.39 is 0 Å². The van der Waals surface area contributed by atoms with Gasteiger partial charge in [-0.15, -0.1) is 0 Å². The molecule has 0 aliphatic rings. The Morgan fingerprint density at radius 2 is 1.52 bits per heavy atom. The molecule has 2 aromatic rings. The third-order valence-electron chi connectivity index (χ3n) is 3.38. The van der Waals surface area contributed by atoms with Crippen molar-refractivity contribution in [3.8, 4) is 0 Å². The first kappa shape index (κ1) is 15.7. The van der Waals surface area contributed by atoms with Crippen molar-refractivity contribution in [1.82, 2.24) is 5.32 Å². The smallest absolute Gasteiger partial charge is 0.0716 e. The Morgan fingerprint density at radius 3 is 2.14 bits per heavy atom. The number of hydrogen-bond acceptors (Lipinski definition) is 3. The van der Waals surface area contributed by atoms with E-state index in [0.29, 0.717) is 13.2 Å². The van der Waals surface area contributed by atoms with Gasteiger partial charge in [0.15, 0.2) is 0 Å². The first-order chi connectivity index (χ1) is 10.4. The molecule has 0 aromatic heterocycles. The normalized spacial score (nSPS) is 12.2. The molecule has 2 rings (SSSR count). The van der Waals surface area contributed by atoms with Gasteiger partial charge in [-0.2, -0.15) is 0 Å². The fourth-order valence-electron chi connectivity index (χ4n) is 2.11. The van der Waals surface area contributed by atoms with Gasteiger partial charge < -0.3 is 15.2 Å². The summed E-state index contributed by atoms with van der Waals surface area (Å²) >= 11 is 0. The van der Waals surface area contributed by atoms with E-state index in [0.717, 1.165) is 13.0 Å². The molecule has 0 saturated carbocycles. The van der Waals surface area contributed by atoms with Gasteiger partial charge in [0, 0.05) is 19.2 Å². The molecule has 112 valence electrons. The van der Waals surface area contributed by atoms with Crippen LogP contribution in [0, 0.1) is 0 Å². The van der Waals surface area contributed by atoms with Crippen LogP contribution in [0.25, 0.3) is 0 Å². The molecule has 0 radical (unpaired) electrons. The minimum Gasteiger partial charge on any atom is -0.395 e. The highest BCUT2D eigenvalue weighted by atomic mass is 16.5. The zero-order chi connectivity index (χ0) is 14.8. The summed E-state index contributed by atoms with van der Waals surface area (Å²) in [4.78, 5) is 0. The van der Waals surface area contributed by atoms with Crippen molar-refractivity contribution in [3.05, 3.63) is 71.8 Å². The van der Waals surface area contributed by atoms with E-state index in [4.69, 9.17) is 4.74 Å². The van der Waals surface area contributed by atoms with E-state index in [9.17, 15) is 5.11 Å². The van der Waals surface area contributed by atoms with Crippen LogP contribution in [0.2, 0.25) is 0 Å². The molecule has 0 aliphatic heterocycles. The van der Waals surface area contributed by atoms with Crippen molar-refractivity contribution in [2.24, 2.45) is 0 Å². The van der Waals surface area contributed by atoms with Crippen molar-refractivity contribution in [2.75, 3.05) is 13.2 Å². The molecule has 0 saturated heterocycles. The lowest BCUT2D eigenvalue weighted by Crippen LogP contribution is -2.33. The summed E-state index contributed by atoms with van der Waals surface area (Å²) in [5.74, 6) is 0. The van der Waals surface area contributed by atoms with Gasteiger partial charge in [-0.3, -0.25) is 0 Å². The number of aliphatic hydroxyl groups is 1. The SMILES string of the molecule is OC[C@H](CCOCc1ccccc1)NCc1ccccc1. The predicted octanol–water partition coefficient (Wildman–Crippen LogP) is 2.74. The Labute approximate surface area is 126 Å². The van der Waals surface area contributed by atoms with Crippen molar-refractivity contribution < 1.29 is 9.84 Å². The molecule has 0 unspecified atom stereocenters. The maximum Gasteiger partial charge on any atom is 0.0716 e. The second-order valence-corrected chi connectivity index (χ2v) is 5.07. The number of rotatable bonds is 9. The van der Waals surface area contributed by atoms with E-state index in [1.54, 1.807) is 0 Å². The first-order valence-corrected chi connectivity index (χ1v) is 7.38. The highest BCUT2D eigenvalue weighted by Gasteiger charge is 2.06. The molecule has 2 N–H and O–H groups in total. The minimum absolute atomic E-state index is 0.0704. The number of hydrogen-bond donors (Lipinski definition) is 2. The van der Waals surface area contributed by atoms with Gasteiger partial charge in [-0.25, -0.2) is 0 Å². The van der Waals surface area contributed by atoms with E-state index >= 15 is 0 Å². The second kappa shape index (κ2) is 9.29. The van der Waals surface area contributed by atoms with Gasteiger partial charge in [0.05, 0.1) is 13.2 Å². The standard InChI is InChI=1S/C18H23NO2/c20-14-18(19-13-16-7-3-1-4-8-16)11-12-21-15-17-9-5-2-6-10-17/h1-10,18-20H,11-15H2/t18-/m0/s1. The van der Waals surface area contributed by atoms with Crippen molar-refractivity contribution >= 4 is 0 Å². The summed E-state index contributed by atoms with van der Waals surface area (Å²) in [6, 6.07) is 20.4. The lowest BCUT2D eigenvalue weighted by atomic mass is 10.2. The Morgan fingerprint density at radius 1 is 0.905 bits per heavy atom. The van der Waals surface area contributed by atoms with Crippen LogP contribution in [0.5, 0.6) is 0 Å². The topological polar surface area (TPSA) is 41.5 Å². The maximum atomic E-state index is 9.40. The Hall–Kier alpha value is -1.68. The van der Waals surface area contributed by atoms with Crippen LogP contribution in [0.3, 0.4) is 0 Å². The molecule has 0 spiro atoms. The van der Waals surface area contributed by atoms with Crippen molar-refractivity contribution in [2.45, 2.75) is 25.6 Å². The molecule has 0 bridgehead atoms. The Kier molecular flexibility index (Phi) is 6.95. The van der Waals surface area contributed by atoms with E-state index in [-0.39, 0.29) is 12.6 Å². The Balaban J connectivity index is 1.63. The average molecular weight is 285 g/mol. The van der Waals surface area contributed by atoms with Gasteiger partial charge in [0.2, 0.25) is 0 Å². The molecular weight excluding hydrogens is 262 g/mol. The van der Waals surface area contributed by atoms with Gasteiger partial charge in [0.25, 0.3) is 0 Å². The molecule has 3 nitrogen and oxygen atoms in total. The van der Waals surface area contributed by atoms with Crippen molar-refractivity contribution in [3.63, 3.8) is 0 Å². The highest BCUT2D eigenvalue weighted by molar-refractivity contribution is 5.14. The van der Waals surface area contributed by atoms with E-state index in [2.05, 4.69) is 29.6 Å². The third kappa shape index (κ3) is 6.08. The molecule has 1 atom stereocenters. The monoisotopic (exact) mass is 285 g/mol. The molecular formula is C18H23NO2. The summed E-state index contributed by atoms with van der Waals surface area (Å²) in [5, 5.41) is 12.8. The average Bonchev–Trinajstić information content (AvgIpc) is 2.56. The zero-order valence-electron chi connectivity index (χ0n) is 12.2. The van der Waals surface area contributed by atoms with Crippen LogP contribution < -0.4 is 5.32 Å². The predicted molar refractivity (Wildman–Crippen MR) is 84.9 cm³/mol. The van der Waals surface area contributed by atoms with Gasteiger partial charge in [0.1, 0.15) is 0 Å². The highest BCUT2D eigenvalue weighted by Crippen LogP contribution is 2.03. The number of nitrogens with one attached hydrogen (secondary N) is 1. The summed E-state index contributed by atoms with van der Waals surface area (Å²) < 4.78 is 5.65. The van der Waals surface area contributed by atoms with Crippen LogP contribution in [-0.4, -0.2) is 24.4 Å². The zero-order valence-corrected chi connectivity index (χ0v) is 12.2. The molecule has 0 aliphatic carbocycles. The third-order valence-corrected chi connectivity index (χ3v) is 3.38. The Bertz CT molecular complexity index is 487. The summed E-state index contributed by atoms with van der Waals surface area (Å²) in [5.41, 5.74) is 2.40. The van der Waals surface area contributed by atoms with E-state index in [1.807, 2.05) is 36.4 Å². The molecule has 3 heteroatoms. The number of aliphatic hydroxyl groups excluding tert-OH is 1. The molecule has 21 heavy (non-hydrogen) atoms. The van der Waals surface area contributed by atoms with Gasteiger partial charge >= 0.3 is 0 Å². The lowest BCUT2D eigenvalue weighted by Gasteiger charge is -2.16. The number of ether oxygens (including phenoxy) is 1. The molecule has 0 fully saturated rings. The second-order valence-electron chi connectivity index (χ2n) is 5.07. The first-order valence-electron chi connectivity index (χ1n) is 7.38. The van der Waals surface area contributed by atoms with Crippen LogP contribution >= 0.6 is 0 Å². The molecule has 0 amide bonds. The van der Waals surface area contributed by atoms with Crippen LogP contribution in [0.15, 0.2) is 60.7 Å². The minimum atomic E-state index is 0.0704. The summed E-state index contributed by atoms with van der Waals surface area (Å²) in [6.45, 7) is 2.16. The van der Waals surface area contributed by atoms with Crippen LogP contribution in [0.1, 0.15) is 17.5 Å². The summed E-state index contributed by atoms with van der Waals surface area (Å²) in [6.07, 6.45) is 0.802.